The van der Waals surface area contributed by atoms with Crippen LogP contribution in [-0.2, 0) is 16.6 Å². The second kappa shape index (κ2) is 6.23. The van der Waals surface area contributed by atoms with Gasteiger partial charge in [-0.25, -0.2) is 17.5 Å². The minimum atomic E-state index is -3.63. The monoisotopic (exact) mass is 352 g/mol. The van der Waals surface area contributed by atoms with Crippen molar-refractivity contribution in [2.24, 2.45) is 0 Å². The van der Waals surface area contributed by atoms with Gasteiger partial charge in [0.1, 0.15) is 11.6 Å². The average Bonchev–Trinajstić information content (AvgIpc) is 2.87. The molecule has 0 bridgehead atoms. The molecule has 114 valence electrons. The summed E-state index contributed by atoms with van der Waals surface area (Å²) in [6.45, 7) is 0.143. The van der Waals surface area contributed by atoms with Gasteiger partial charge in [-0.15, -0.1) is 0 Å². The van der Waals surface area contributed by atoms with Crippen LogP contribution in [0.1, 0.15) is 5.76 Å². The Bertz CT molecular complexity index is 739. The lowest BCUT2D eigenvalue weighted by Crippen LogP contribution is -2.17. The zero-order valence-electron chi connectivity index (χ0n) is 10.8. The maximum absolute atomic E-state index is 13.1. The fourth-order valence-corrected chi connectivity index (χ4v) is 2.84. The number of nitrogens with one attached hydrogen (secondary N) is 2. The van der Waals surface area contributed by atoms with E-state index in [9.17, 15) is 12.8 Å². The Morgan fingerprint density at radius 1 is 1.24 bits per heavy atom. The first-order valence-electron chi connectivity index (χ1n) is 5.74. The highest BCUT2D eigenvalue weighted by molar-refractivity contribution is 7.89. The van der Waals surface area contributed by atoms with Crippen molar-refractivity contribution in [2.45, 2.75) is 11.6 Å². The van der Waals surface area contributed by atoms with Crippen molar-refractivity contribution in [3.63, 3.8) is 0 Å². The van der Waals surface area contributed by atoms with E-state index >= 15 is 0 Å². The zero-order chi connectivity index (χ0) is 15.6. The highest BCUT2D eigenvalue weighted by Crippen LogP contribution is 2.31. The van der Waals surface area contributed by atoms with E-state index in [0.29, 0.717) is 11.4 Å². The molecule has 0 aliphatic heterocycles. The summed E-state index contributed by atoms with van der Waals surface area (Å²) < 4.78 is 43.4. The third-order valence-corrected chi connectivity index (χ3v) is 4.50. The van der Waals surface area contributed by atoms with Crippen LogP contribution in [-0.4, -0.2) is 15.5 Å². The summed E-state index contributed by atoms with van der Waals surface area (Å²) >= 11 is 11.8. The number of sulfonamides is 1. The standard InChI is InChI=1S/C12H11Cl2FN2O3S/c1-16-21(18,19)11-3-2-8(20-11)6-17-12-9(13)4-7(15)5-10(12)14/h2-5,16-17H,6H2,1H3. The third-order valence-electron chi connectivity index (χ3n) is 2.62. The summed E-state index contributed by atoms with van der Waals surface area (Å²) in [5.41, 5.74) is 0.342. The summed E-state index contributed by atoms with van der Waals surface area (Å²) in [7, 11) is -2.34. The minimum Gasteiger partial charge on any atom is -0.446 e. The van der Waals surface area contributed by atoms with Crippen LogP contribution in [0.5, 0.6) is 0 Å². The predicted molar refractivity (Wildman–Crippen MR) is 78.7 cm³/mol. The zero-order valence-corrected chi connectivity index (χ0v) is 13.1. The van der Waals surface area contributed by atoms with E-state index in [0.717, 1.165) is 12.1 Å². The van der Waals surface area contributed by atoms with Crippen LogP contribution < -0.4 is 10.0 Å². The van der Waals surface area contributed by atoms with E-state index in [-0.39, 0.29) is 21.7 Å². The number of hydrogen-bond acceptors (Lipinski definition) is 4. The first kappa shape index (κ1) is 16.1. The summed E-state index contributed by atoms with van der Waals surface area (Å²) in [6, 6.07) is 5.07. The van der Waals surface area contributed by atoms with Gasteiger partial charge in [0.05, 0.1) is 22.3 Å². The van der Waals surface area contributed by atoms with Gasteiger partial charge in [-0.05, 0) is 31.3 Å². The normalized spacial score (nSPS) is 11.6. The van der Waals surface area contributed by atoms with Gasteiger partial charge >= 0.3 is 0 Å². The molecule has 0 amide bonds. The van der Waals surface area contributed by atoms with E-state index < -0.39 is 15.8 Å². The molecule has 0 saturated carbocycles. The molecule has 0 unspecified atom stereocenters. The van der Waals surface area contributed by atoms with Gasteiger partial charge in [-0.3, -0.25) is 0 Å². The summed E-state index contributed by atoms with van der Waals surface area (Å²) in [6.07, 6.45) is 0. The van der Waals surface area contributed by atoms with Gasteiger partial charge in [0.2, 0.25) is 5.09 Å². The van der Waals surface area contributed by atoms with Crippen LogP contribution in [0.4, 0.5) is 10.1 Å². The Morgan fingerprint density at radius 3 is 2.43 bits per heavy atom. The predicted octanol–water partition coefficient (Wildman–Crippen LogP) is 3.25. The van der Waals surface area contributed by atoms with Crippen LogP contribution in [0.3, 0.4) is 0 Å². The second-order valence-corrected chi connectivity index (χ2v) is 6.66. The average molecular weight is 353 g/mol. The Labute approximate surface area is 131 Å². The minimum absolute atomic E-state index is 0.120. The van der Waals surface area contributed by atoms with Crippen molar-refractivity contribution in [1.82, 2.24) is 4.72 Å². The van der Waals surface area contributed by atoms with Crippen LogP contribution in [0, 0.1) is 5.82 Å². The fraction of sp³-hybridized carbons (Fsp3) is 0.167. The first-order valence-corrected chi connectivity index (χ1v) is 7.98. The Hall–Kier alpha value is -1.28. The molecule has 0 saturated heterocycles. The van der Waals surface area contributed by atoms with Gasteiger partial charge < -0.3 is 9.73 Å². The topological polar surface area (TPSA) is 71.3 Å². The molecular formula is C12H11Cl2FN2O3S. The number of benzene rings is 1. The molecule has 0 fully saturated rings. The Kier molecular flexibility index (Phi) is 4.77. The van der Waals surface area contributed by atoms with E-state index in [4.69, 9.17) is 27.6 Å². The lowest BCUT2D eigenvalue weighted by Gasteiger charge is -2.09. The molecule has 0 atom stereocenters. The van der Waals surface area contributed by atoms with Crippen molar-refractivity contribution in [3.05, 3.63) is 45.9 Å². The molecule has 1 aromatic carbocycles. The molecule has 0 radical (unpaired) electrons. The van der Waals surface area contributed by atoms with Gasteiger partial charge in [-0.1, -0.05) is 23.2 Å². The SMILES string of the molecule is CNS(=O)(=O)c1ccc(CNc2c(Cl)cc(F)cc2Cl)o1. The molecule has 21 heavy (non-hydrogen) atoms. The highest BCUT2D eigenvalue weighted by Gasteiger charge is 2.16. The molecule has 1 aromatic heterocycles. The fourth-order valence-electron chi connectivity index (χ4n) is 1.58. The second-order valence-electron chi connectivity index (χ2n) is 4.03. The van der Waals surface area contributed by atoms with Crippen LogP contribution in [0.25, 0.3) is 0 Å². The summed E-state index contributed by atoms with van der Waals surface area (Å²) in [4.78, 5) is 0. The highest BCUT2D eigenvalue weighted by atomic mass is 35.5. The van der Waals surface area contributed by atoms with Gasteiger partial charge in [0, 0.05) is 0 Å². The van der Waals surface area contributed by atoms with Crippen molar-refractivity contribution in [1.29, 1.82) is 0 Å². The number of rotatable bonds is 5. The number of anilines is 1. The van der Waals surface area contributed by atoms with Crippen molar-refractivity contribution >= 4 is 38.9 Å². The largest absolute Gasteiger partial charge is 0.446 e. The lowest BCUT2D eigenvalue weighted by molar-refractivity contribution is 0.417. The van der Waals surface area contributed by atoms with Crippen LogP contribution in [0.15, 0.2) is 33.8 Å². The molecule has 5 nitrogen and oxygen atoms in total. The maximum Gasteiger partial charge on any atom is 0.273 e. The molecule has 0 spiro atoms. The van der Waals surface area contributed by atoms with E-state index in [2.05, 4.69) is 10.0 Å². The third kappa shape index (κ3) is 3.68. The molecule has 2 aromatic rings. The smallest absolute Gasteiger partial charge is 0.273 e. The molecule has 0 aliphatic rings. The van der Waals surface area contributed by atoms with E-state index in [1.807, 2.05) is 0 Å². The molecule has 1 heterocycles. The van der Waals surface area contributed by atoms with E-state index in [1.165, 1.54) is 19.2 Å². The van der Waals surface area contributed by atoms with Crippen LogP contribution >= 0.6 is 23.2 Å². The van der Waals surface area contributed by atoms with Crippen molar-refractivity contribution in [2.75, 3.05) is 12.4 Å². The van der Waals surface area contributed by atoms with E-state index in [1.54, 1.807) is 0 Å². The molecular weight excluding hydrogens is 342 g/mol. The Balaban J connectivity index is 2.15. The maximum atomic E-state index is 13.1. The molecule has 2 N–H and O–H groups in total. The summed E-state index contributed by atoms with van der Waals surface area (Å²) in [5, 5.41) is 2.91. The van der Waals surface area contributed by atoms with Gasteiger partial charge in [-0.2, -0.15) is 0 Å². The molecule has 9 heteroatoms. The Morgan fingerprint density at radius 2 is 1.86 bits per heavy atom. The lowest BCUT2D eigenvalue weighted by atomic mass is 10.3. The number of halogens is 3. The van der Waals surface area contributed by atoms with Crippen molar-refractivity contribution in [3.8, 4) is 0 Å². The number of hydrogen-bond donors (Lipinski definition) is 2. The molecule has 2 rings (SSSR count). The van der Waals surface area contributed by atoms with Gasteiger partial charge in [0.25, 0.3) is 10.0 Å². The summed E-state index contributed by atoms with van der Waals surface area (Å²) in [5.74, 6) is -0.184. The number of furan rings is 1. The first-order chi connectivity index (χ1) is 9.83. The van der Waals surface area contributed by atoms with Crippen molar-refractivity contribution < 1.29 is 17.2 Å². The van der Waals surface area contributed by atoms with Gasteiger partial charge in [0.15, 0.2) is 0 Å². The van der Waals surface area contributed by atoms with Crippen LogP contribution in [0.2, 0.25) is 10.0 Å². The molecule has 0 aliphatic carbocycles. The quantitative estimate of drug-likeness (QED) is 0.866.